The van der Waals surface area contributed by atoms with E-state index in [9.17, 15) is 4.79 Å². The summed E-state index contributed by atoms with van der Waals surface area (Å²) in [6.45, 7) is 0.692. The van der Waals surface area contributed by atoms with Crippen LogP contribution in [0.25, 0.3) is 0 Å². The molecule has 2 rings (SSSR count). The number of fused-ring (bicyclic) bond motifs is 1. The number of para-hydroxylation sites is 1. The van der Waals surface area contributed by atoms with Gasteiger partial charge in [-0.3, -0.25) is 14.6 Å². The fourth-order valence-corrected chi connectivity index (χ4v) is 3.88. The van der Waals surface area contributed by atoms with E-state index in [0.717, 1.165) is 11.3 Å². The first-order valence-corrected chi connectivity index (χ1v) is 7.15. The molecule has 0 spiro atoms. The van der Waals surface area contributed by atoms with Crippen LogP contribution in [0, 0.1) is 0 Å². The first-order chi connectivity index (χ1) is 8.16. The second-order valence-electron chi connectivity index (χ2n) is 3.76. The van der Waals surface area contributed by atoms with Crippen molar-refractivity contribution >= 4 is 31.6 Å². The number of hydrogen-bond donors (Lipinski definition) is 1. The van der Waals surface area contributed by atoms with E-state index in [1.807, 2.05) is 38.4 Å². The first-order valence-electron chi connectivity index (χ1n) is 5.37. The number of nitrogens with zero attached hydrogens (tertiary/aromatic N) is 2. The van der Waals surface area contributed by atoms with Crippen LogP contribution in [0.3, 0.4) is 0 Å². The summed E-state index contributed by atoms with van der Waals surface area (Å²) < 4.78 is 3.86. The number of anilines is 1. The van der Waals surface area contributed by atoms with Crippen molar-refractivity contribution in [3.05, 3.63) is 29.8 Å². The van der Waals surface area contributed by atoms with Crippen LogP contribution in [0.5, 0.6) is 0 Å². The van der Waals surface area contributed by atoms with Crippen molar-refractivity contribution < 1.29 is 4.79 Å². The Morgan fingerprint density at radius 3 is 2.71 bits per heavy atom. The predicted octanol–water partition coefficient (Wildman–Crippen LogP) is 2.26. The average molecular weight is 272 g/mol. The van der Waals surface area contributed by atoms with E-state index in [1.54, 1.807) is 4.67 Å². The maximum Gasteiger partial charge on any atom is 0.261 e. The Kier molecular flexibility index (Phi) is 3.87. The van der Waals surface area contributed by atoms with Crippen LogP contribution in [0.2, 0.25) is 0 Å². The summed E-state index contributed by atoms with van der Waals surface area (Å²) in [4.78, 5) is 12.2. The Hall–Kier alpha value is -0.830. The Labute approximate surface area is 107 Å². The third kappa shape index (κ3) is 2.25. The molecule has 1 aliphatic heterocycles. The molecule has 1 aliphatic rings. The second kappa shape index (κ2) is 5.21. The highest BCUT2D eigenvalue weighted by molar-refractivity contribution is 7.55. The van der Waals surface area contributed by atoms with Crippen molar-refractivity contribution in [3.63, 3.8) is 0 Å². The number of halogens is 1. The minimum absolute atomic E-state index is 0.0619. The van der Waals surface area contributed by atoms with Crippen LogP contribution in [0.15, 0.2) is 24.3 Å². The standard InChI is InChI=1S/C11H15ClN3OP/c1-14-10-6-4-3-5-9(10)11(16)15(2)17(14)13-8-7-12/h3-6,13H,7-8H2,1-2H3. The first kappa shape index (κ1) is 12.6. The molecule has 1 atom stereocenters. The highest BCUT2D eigenvalue weighted by Crippen LogP contribution is 2.47. The van der Waals surface area contributed by atoms with Crippen LogP contribution in [0.4, 0.5) is 5.69 Å². The number of rotatable bonds is 3. The zero-order valence-corrected chi connectivity index (χ0v) is 11.5. The molecule has 0 saturated heterocycles. The van der Waals surface area contributed by atoms with E-state index in [4.69, 9.17) is 11.6 Å². The van der Waals surface area contributed by atoms with Gasteiger partial charge in [0.25, 0.3) is 5.91 Å². The smallest absolute Gasteiger partial charge is 0.261 e. The molecule has 1 aromatic carbocycles. The van der Waals surface area contributed by atoms with Gasteiger partial charge in [0, 0.05) is 26.5 Å². The molecule has 0 bridgehead atoms. The van der Waals surface area contributed by atoms with Gasteiger partial charge in [0.05, 0.1) is 11.3 Å². The van der Waals surface area contributed by atoms with Crippen molar-refractivity contribution in [2.75, 3.05) is 31.2 Å². The summed E-state index contributed by atoms with van der Waals surface area (Å²) in [5, 5.41) is 3.31. The van der Waals surface area contributed by atoms with Crippen molar-refractivity contribution in [2.24, 2.45) is 0 Å². The summed E-state index contributed by atoms with van der Waals surface area (Å²) in [5.74, 6) is 0.600. The van der Waals surface area contributed by atoms with Gasteiger partial charge in [0.1, 0.15) is 0 Å². The third-order valence-electron chi connectivity index (χ3n) is 2.69. The van der Waals surface area contributed by atoms with Crippen molar-refractivity contribution in [1.82, 2.24) is 9.76 Å². The van der Waals surface area contributed by atoms with Gasteiger partial charge in [-0.1, -0.05) is 12.1 Å². The zero-order chi connectivity index (χ0) is 12.4. The molecule has 0 saturated carbocycles. The molecule has 1 aromatic rings. The Bertz CT molecular complexity index is 429. The number of carbonyl (C=O) groups is 1. The molecule has 17 heavy (non-hydrogen) atoms. The Morgan fingerprint density at radius 2 is 2.00 bits per heavy atom. The van der Waals surface area contributed by atoms with Gasteiger partial charge >= 0.3 is 0 Å². The van der Waals surface area contributed by atoms with E-state index in [0.29, 0.717) is 12.4 Å². The minimum Gasteiger partial charge on any atom is -0.324 e. The minimum atomic E-state index is -0.843. The van der Waals surface area contributed by atoms with Crippen molar-refractivity contribution in [2.45, 2.75) is 0 Å². The van der Waals surface area contributed by atoms with Crippen LogP contribution in [0.1, 0.15) is 10.4 Å². The second-order valence-corrected chi connectivity index (χ2v) is 6.23. The van der Waals surface area contributed by atoms with Gasteiger partial charge in [-0.05, 0) is 12.1 Å². The summed E-state index contributed by atoms with van der Waals surface area (Å²) >= 11 is 5.68. The molecule has 0 fully saturated rings. The molecule has 0 radical (unpaired) electrons. The summed E-state index contributed by atoms with van der Waals surface area (Å²) in [5.41, 5.74) is 1.73. The molecule has 0 aliphatic carbocycles. The molecule has 1 heterocycles. The van der Waals surface area contributed by atoms with Crippen LogP contribution >= 0.6 is 20.0 Å². The maximum atomic E-state index is 12.2. The number of benzene rings is 1. The lowest BCUT2D eigenvalue weighted by Gasteiger charge is -2.40. The van der Waals surface area contributed by atoms with Gasteiger partial charge in [0.15, 0.2) is 8.37 Å². The highest BCUT2D eigenvalue weighted by atomic mass is 35.5. The van der Waals surface area contributed by atoms with Gasteiger partial charge in [0.2, 0.25) is 0 Å². The van der Waals surface area contributed by atoms with Gasteiger partial charge < -0.3 is 4.67 Å². The molecule has 1 unspecified atom stereocenters. The lowest BCUT2D eigenvalue weighted by Crippen LogP contribution is -2.40. The summed E-state index contributed by atoms with van der Waals surface area (Å²) in [6.07, 6.45) is 0. The van der Waals surface area contributed by atoms with Gasteiger partial charge in [-0.15, -0.1) is 11.6 Å². The Morgan fingerprint density at radius 1 is 1.29 bits per heavy atom. The van der Waals surface area contributed by atoms with Crippen LogP contribution in [-0.2, 0) is 0 Å². The lowest BCUT2D eigenvalue weighted by molar-refractivity contribution is 0.0882. The monoisotopic (exact) mass is 271 g/mol. The summed E-state index contributed by atoms with van der Waals surface area (Å²) in [6, 6.07) is 7.66. The van der Waals surface area contributed by atoms with Gasteiger partial charge in [-0.25, -0.2) is 0 Å². The highest BCUT2D eigenvalue weighted by Gasteiger charge is 2.33. The molecular formula is C11H15ClN3OP. The van der Waals surface area contributed by atoms with E-state index < -0.39 is 8.37 Å². The van der Waals surface area contributed by atoms with Gasteiger partial charge in [-0.2, -0.15) is 0 Å². The average Bonchev–Trinajstić information content (AvgIpc) is 2.36. The molecule has 6 heteroatoms. The number of amides is 1. The molecular weight excluding hydrogens is 257 g/mol. The van der Waals surface area contributed by atoms with E-state index in [-0.39, 0.29) is 5.91 Å². The molecule has 1 amide bonds. The largest absolute Gasteiger partial charge is 0.324 e. The number of nitrogens with one attached hydrogen (secondary N) is 1. The van der Waals surface area contributed by atoms with Crippen molar-refractivity contribution in [1.29, 1.82) is 0 Å². The SMILES string of the molecule is CN1C(=O)c2ccccc2N(C)P1NCCCl. The lowest BCUT2D eigenvalue weighted by atomic mass is 10.1. The van der Waals surface area contributed by atoms with E-state index >= 15 is 0 Å². The molecule has 92 valence electrons. The molecule has 4 nitrogen and oxygen atoms in total. The van der Waals surface area contributed by atoms with E-state index in [2.05, 4.69) is 9.76 Å². The number of alkyl halides is 1. The number of hydrogen-bond acceptors (Lipinski definition) is 3. The summed E-state index contributed by atoms with van der Waals surface area (Å²) in [7, 11) is 2.97. The van der Waals surface area contributed by atoms with Crippen LogP contribution in [-0.4, -0.2) is 37.1 Å². The number of carbonyl (C=O) groups excluding carboxylic acids is 1. The van der Waals surface area contributed by atoms with Crippen molar-refractivity contribution in [3.8, 4) is 0 Å². The predicted molar refractivity (Wildman–Crippen MR) is 72.6 cm³/mol. The quantitative estimate of drug-likeness (QED) is 0.677. The topological polar surface area (TPSA) is 35.6 Å². The maximum absolute atomic E-state index is 12.2. The molecule has 1 N–H and O–H groups in total. The third-order valence-corrected chi connectivity index (χ3v) is 4.92. The fraction of sp³-hybridized carbons (Fsp3) is 0.364. The normalized spacial score (nSPS) is 19.5. The Balaban J connectivity index is 2.33. The zero-order valence-electron chi connectivity index (χ0n) is 9.85. The molecule has 0 aromatic heterocycles. The van der Waals surface area contributed by atoms with E-state index in [1.165, 1.54) is 0 Å². The van der Waals surface area contributed by atoms with Crippen LogP contribution < -0.4 is 9.76 Å². The fourth-order valence-electron chi connectivity index (χ4n) is 1.85.